The molecule has 19 heavy (non-hydrogen) atoms. The average Bonchev–Trinajstić information content (AvgIpc) is 2.92. The minimum Gasteiger partial charge on any atom is -0.326 e. The Balaban J connectivity index is 2.17. The topological polar surface area (TPSA) is 127 Å². The number of pyridine rings is 1. The minimum atomic E-state index is -3.70. The van der Waals surface area contributed by atoms with Gasteiger partial charge < -0.3 is 5.73 Å². The molecule has 0 aliphatic carbocycles. The number of sulfonamides is 1. The van der Waals surface area contributed by atoms with Gasteiger partial charge >= 0.3 is 0 Å². The van der Waals surface area contributed by atoms with E-state index in [1.54, 1.807) is 13.0 Å². The molecule has 0 amide bonds. The second kappa shape index (κ2) is 5.43. The highest BCUT2D eigenvalue weighted by Crippen LogP contribution is 2.12. The molecule has 9 heteroatoms. The first-order valence-corrected chi connectivity index (χ1v) is 7.04. The molecular formula is C10H14N6O2S. The van der Waals surface area contributed by atoms with Crippen molar-refractivity contribution in [1.29, 1.82) is 0 Å². The zero-order chi connectivity index (χ0) is 13.9. The Kier molecular flexibility index (Phi) is 3.88. The summed E-state index contributed by atoms with van der Waals surface area (Å²) in [6.07, 6.45) is 2.75. The van der Waals surface area contributed by atoms with Crippen molar-refractivity contribution in [3.05, 3.63) is 36.0 Å². The standard InChI is InChI=1S/C10H14N6O2S/c1-7(10-13-6-14-15-10)16-19(17,18)9-3-2-8(4-11)5-12-9/h2-3,5-7,16H,4,11H2,1H3,(H,13,14,15). The van der Waals surface area contributed by atoms with Gasteiger partial charge in [-0.3, -0.25) is 5.10 Å². The lowest BCUT2D eigenvalue weighted by atomic mass is 10.3. The SMILES string of the molecule is CC(NS(=O)(=O)c1ccc(CN)cn1)c1ncn[nH]1. The van der Waals surface area contributed by atoms with Crippen molar-refractivity contribution in [2.75, 3.05) is 0 Å². The van der Waals surface area contributed by atoms with E-state index in [-0.39, 0.29) is 5.03 Å². The molecule has 0 radical (unpaired) electrons. The van der Waals surface area contributed by atoms with Gasteiger partial charge in [-0.05, 0) is 18.6 Å². The Morgan fingerprint density at radius 2 is 2.21 bits per heavy atom. The predicted octanol–water partition coefficient (Wildman–Crippen LogP) is -0.302. The van der Waals surface area contributed by atoms with Crippen LogP contribution in [-0.2, 0) is 16.6 Å². The molecule has 2 aromatic rings. The lowest BCUT2D eigenvalue weighted by Crippen LogP contribution is -2.28. The number of hydrogen-bond donors (Lipinski definition) is 3. The highest BCUT2D eigenvalue weighted by atomic mass is 32.2. The smallest absolute Gasteiger partial charge is 0.258 e. The molecule has 0 fully saturated rings. The number of nitrogens with zero attached hydrogens (tertiary/aromatic N) is 3. The number of rotatable bonds is 5. The summed E-state index contributed by atoms with van der Waals surface area (Å²) in [5.74, 6) is 0.433. The summed E-state index contributed by atoms with van der Waals surface area (Å²) >= 11 is 0. The summed E-state index contributed by atoms with van der Waals surface area (Å²) in [5, 5.41) is 6.21. The first kappa shape index (κ1) is 13.6. The summed E-state index contributed by atoms with van der Waals surface area (Å²) in [6.45, 7) is 1.97. The highest BCUT2D eigenvalue weighted by Gasteiger charge is 2.20. The Labute approximate surface area is 110 Å². The van der Waals surface area contributed by atoms with Crippen molar-refractivity contribution in [3.63, 3.8) is 0 Å². The molecule has 0 saturated carbocycles. The van der Waals surface area contributed by atoms with Crippen molar-refractivity contribution >= 4 is 10.0 Å². The van der Waals surface area contributed by atoms with Crippen LogP contribution in [0.3, 0.4) is 0 Å². The highest BCUT2D eigenvalue weighted by molar-refractivity contribution is 7.89. The third-order valence-electron chi connectivity index (χ3n) is 2.48. The molecule has 0 saturated heterocycles. The van der Waals surface area contributed by atoms with E-state index in [1.165, 1.54) is 18.6 Å². The van der Waals surface area contributed by atoms with E-state index in [9.17, 15) is 8.42 Å². The molecule has 8 nitrogen and oxygen atoms in total. The van der Waals surface area contributed by atoms with Crippen LogP contribution in [0.15, 0.2) is 29.7 Å². The van der Waals surface area contributed by atoms with Gasteiger partial charge in [-0.1, -0.05) is 6.07 Å². The molecule has 2 heterocycles. The quantitative estimate of drug-likeness (QED) is 0.691. The monoisotopic (exact) mass is 282 g/mol. The van der Waals surface area contributed by atoms with Crippen LogP contribution < -0.4 is 10.5 Å². The summed E-state index contributed by atoms with van der Waals surface area (Å²) in [7, 11) is -3.70. The van der Waals surface area contributed by atoms with Crippen molar-refractivity contribution in [3.8, 4) is 0 Å². The summed E-state index contributed by atoms with van der Waals surface area (Å²) in [4.78, 5) is 7.77. The van der Waals surface area contributed by atoms with Crippen LogP contribution in [0.1, 0.15) is 24.4 Å². The fourth-order valence-electron chi connectivity index (χ4n) is 1.46. The van der Waals surface area contributed by atoms with Gasteiger partial charge in [0.25, 0.3) is 10.0 Å². The maximum absolute atomic E-state index is 12.1. The lowest BCUT2D eigenvalue weighted by Gasteiger charge is -2.11. The molecule has 2 aromatic heterocycles. The zero-order valence-electron chi connectivity index (χ0n) is 10.2. The van der Waals surface area contributed by atoms with Crippen molar-refractivity contribution < 1.29 is 8.42 Å². The van der Waals surface area contributed by atoms with E-state index < -0.39 is 16.1 Å². The minimum absolute atomic E-state index is 0.0592. The number of nitrogens with two attached hydrogens (primary N) is 1. The number of H-pyrrole nitrogens is 1. The van der Waals surface area contributed by atoms with Crippen molar-refractivity contribution in [2.24, 2.45) is 5.73 Å². The molecule has 0 aromatic carbocycles. The fourth-order valence-corrected chi connectivity index (χ4v) is 2.60. The van der Waals surface area contributed by atoms with E-state index in [0.29, 0.717) is 12.4 Å². The molecule has 102 valence electrons. The maximum atomic E-state index is 12.1. The second-order valence-corrected chi connectivity index (χ2v) is 5.58. The van der Waals surface area contributed by atoms with Crippen molar-refractivity contribution in [2.45, 2.75) is 24.5 Å². The van der Waals surface area contributed by atoms with Gasteiger partial charge in [0.2, 0.25) is 0 Å². The molecule has 1 unspecified atom stereocenters. The van der Waals surface area contributed by atoms with E-state index in [0.717, 1.165) is 5.56 Å². The number of aromatic nitrogens is 4. The molecule has 0 spiro atoms. The molecular weight excluding hydrogens is 268 g/mol. The van der Waals surface area contributed by atoms with Gasteiger partial charge in [0, 0.05) is 12.7 Å². The van der Waals surface area contributed by atoms with Gasteiger partial charge in [0.1, 0.15) is 12.2 Å². The van der Waals surface area contributed by atoms with Crippen molar-refractivity contribution in [1.82, 2.24) is 24.9 Å². The van der Waals surface area contributed by atoms with E-state index >= 15 is 0 Å². The molecule has 4 N–H and O–H groups in total. The van der Waals surface area contributed by atoms with Crippen LogP contribution in [0.2, 0.25) is 0 Å². The third-order valence-corrected chi connectivity index (χ3v) is 3.94. The number of nitrogens with one attached hydrogen (secondary N) is 2. The van der Waals surface area contributed by atoms with Crippen LogP contribution in [0, 0.1) is 0 Å². The Hall–Kier alpha value is -1.84. The van der Waals surface area contributed by atoms with Gasteiger partial charge in [-0.15, -0.1) is 0 Å². The van der Waals surface area contributed by atoms with E-state index in [4.69, 9.17) is 5.73 Å². The molecule has 2 rings (SSSR count). The first-order valence-electron chi connectivity index (χ1n) is 5.55. The molecule has 0 aliphatic rings. The van der Waals surface area contributed by atoms with Gasteiger partial charge in [-0.25, -0.2) is 18.4 Å². The predicted molar refractivity (Wildman–Crippen MR) is 67.2 cm³/mol. The first-order chi connectivity index (χ1) is 9.03. The summed E-state index contributed by atoms with van der Waals surface area (Å²) < 4.78 is 26.6. The Bertz CT molecular complexity index is 623. The Morgan fingerprint density at radius 3 is 2.74 bits per heavy atom. The second-order valence-electron chi connectivity index (χ2n) is 3.92. The number of aromatic amines is 1. The van der Waals surface area contributed by atoms with Crippen LogP contribution in [0.5, 0.6) is 0 Å². The summed E-state index contributed by atoms with van der Waals surface area (Å²) in [5.41, 5.74) is 6.20. The normalized spacial score (nSPS) is 13.4. The largest absolute Gasteiger partial charge is 0.326 e. The van der Waals surface area contributed by atoms with Crippen LogP contribution in [0.25, 0.3) is 0 Å². The maximum Gasteiger partial charge on any atom is 0.258 e. The van der Waals surface area contributed by atoms with E-state index in [2.05, 4.69) is 24.9 Å². The molecule has 0 aliphatic heterocycles. The van der Waals surface area contributed by atoms with Gasteiger partial charge in [-0.2, -0.15) is 9.82 Å². The van der Waals surface area contributed by atoms with Crippen LogP contribution in [0.4, 0.5) is 0 Å². The average molecular weight is 282 g/mol. The zero-order valence-corrected chi connectivity index (χ0v) is 11.1. The van der Waals surface area contributed by atoms with Crippen LogP contribution >= 0.6 is 0 Å². The summed E-state index contributed by atoms with van der Waals surface area (Å²) in [6, 6.07) is 2.52. The van der Waals surface area contributed by atoms with Gasteiger partial charge in [0.15, 0.2) is 5.03 Å². The lowest BCUT2D eigenvalue weighted by molar-refractivity contribution is 0.556. The van der Waals surface area contributed by atoms with Gasteiger partial charge in [0.05, 0.1) is 6.04 Å². The van der Waals surface area contributed by atoms with E-state index in [1.807, 2.05) is 0 Å². The molecule has 0 bridgehead atoms. The Morgan fingerprint density at radius 1 is 1.42 bits per heavy atom. The van der Waals surface area contributed by atoms with Crippen LogP contribution in [-0.4, -0.2) is 28.6 Å². The third kappa shape index (κ3) is 3.13. The fraction of sp³-hybridized carbons (Fsp3) is 0.300. The molecule has 1 atom stereocenters. The number of hydrogen-bond acceptors (Lipinski definition) is 6.